The van der Waals surface area contributed by atoms with Crippen LogP contribution in [0.5, 0.6) is 0 Å². The molecule has 0 aliphatic heterocycles. The summed E-state index contributed by atoms with van der Waals surface area (Å²) in [7, 11) is 0. The van der Waals surface area contributed by atoms with Crippen molar-refractivity contribution < 1.29 is 4.39 Å². The quantitative estimate of drug-likeness (QED) is 0.320. The molecule has 1 aromatic carbocycles. The van der Waals surface area contributed by atoms with Gasteiger partial charge in [-0.2, -0.15) is 10.2 Å². The van der Waals surface area contributed by atoms with Crippen molar-refractivity contribution in [3.63, 3.8) is 0 Å². The minimum absolute atomic E-state index is 0.199. The summed E-state index contributed by atoms with van der Waals surface area (Å²) in [5.41, 5.74) is 3.25. The molecule has 0 unspecified atom stereocenters. The zero-order chi connectivity index (χ0) is 21.9. The molecule has 0 spiro atoms. The zero-order valence-corrected chi connectivity index (χ0v) is 19.7. The van der Waals surface area contributed by atoms with Crippen molar-refractivity contribution >= 4 is 0 Å². The lowest BCUT2D eigenvalue weighted by Crippen LogP contribution is -2.15. The number of hydrogen-bond donors (Lipinski definition) is 0. The minimum Gasteiger partial charge on any atom is -0.206 e. The van der Waals surface area contributed by atoms with E-state index < -0.39 is 0 Å². The second-order valence-corrected chi connectivity index (χ2v) is 9.60. The third-order valence-corrected chi connectivity index (χ3v) is 7.06. The highest BCUT2D eigenvalue weighted by atomic mass is 19.1. The van der Waals surface area contributed by atoms with E-state index in [-0.39, 0.29) is 5.82 Å². The molecule has 1 aromatic heterocycles. The Labute approximate surface area is 189 Å². The number of unbranched alkanes of at least 4 members (excludes halogenated alkanes) is 4. The number of halogens is 1. The summed E-state index contributed by atoms with van der Waals surface area (Å²) in [6, 6.07) is 9.43. The molecule has 3 heteroatoms. The van der Waals surface area contributed by atoms with Crippen LogP contribution in [0.1, 0.15) is 102 Å². The molecule has 1 fully saturated rings. The van der Waals surface area contributed by atoms with E-state index in [4.69, 9.17) is 0 Å². The predicted octanol–water partition coefficient (Wildman–Crippen LogP) is 8.33. The smallest absolute Gasteiger partial charge is 0.132 e. The Hall–Kier alpha value is -1.77. The van der Waals surface area contributed by atoms with Gasteiger partial charge < -0.3 is 0 Å². The normalized spacial score (nSPS) is 18.9. The van der Waals surface area contributed by atoms with Crippen molar-refractivity contribution in [3.8, 4) is 11.3 Å². The van der Waals surface area contributed by atoms with Crippen molar-refractivity contribution in [2.24, 2.45) is 11.8 Å². The van der Waals surface area contributed by atoms with Gasteiger partial charge in [0.25, 0.3) is 0 Å². The molecule has 0 saturated heterocycles. The summed E-state index contributed by atoms with van der Waals surface area (Å²) in [5.74, 6) is 1.60. The van der Waals surface area contributed by atoms with Crippen molar-refractivity contribution in [2.75, 3.05) is 0 Å². The van der Waals surface area contributed by atoms with Crippen molar-refractivity contribution in [3.05, 3.63) is 47.4 Å². The monoisotopic (exact) mass is 424 g/mol. The fraction of sp³-hybridized carbons (Fsp3) is 0.643. The second kappa shape index (κ2) is 12.9. The second-order valence-electron chi connectivity index (χ2n) is 9.60. The van der Waals surface area contributed by atoms with Crippen LogP contribution in [0.3, 0.4) is 0 Å². The highest BCUT2D eigenvalue weighted by molar-refractivity contribution is 5.59. The van der Waals surface area contributed by atoms with Crippen LogP contribution in [0.25, 0.3) is 11.3 Å². The van der Waals surface area contributed by atoms with Crippen LogP contribution >= 0.6 is 0 Å². The van der Waals surface area contributed by atoms with Gasteiger partial charge in [0.1, 0.15) is 5.82 Å². The average Bonchev–Trinajstić information content (AvgIpc) is 2.79. The Morgan fingerprint density at radius 1 is 0.774 bits per heavy atom. The molecule has 170 valence electrons. The molecule has 3 rings (SSSR count). The molecular weight excluding hydrogens is 383 g/mol. The van der Waals surface area contributed by atoms with E-state index in [9.17, 15) is 4.39 Å². The SMILES string of the molecule is CCCCCCCC1CCC(CCc2ccc(-c3ccc(CCC)cc3F)nn2)CC1. The van der Waals surface area contributed by atoms with Crippen LogP contribution in [0.15, 0.2) is 30.3 Å². The van der Waals surface area contributed by atoms with Crippen LogP contribution in [0.4, 0.5) is 4.39 Å². The third kappa shape index (κ3) is 7.70. The number of rotatable bonds is 12. The summed E-state index contributed by atoms with van der Waals surface area (Å²) >= 11 is 0. The lowest BCUT2D eigenvalue weighted by Gasteiger charge is -2.28. The molecule has 2 nitrogen and oxygen atoms in total. The van der Waals surface area contributed by atoms with Crippen LogP contribution in [-0.4, -0.2) is 10.2 Å². The molecule has 0 amide bonds. The van der Waals surface area contributed by atoms with E-state index in [0.29, 0.717) is 11.3 Å². The molecule has 1 aliphatic rings. The molecule has 1 aliphatic carbocycles. The Kier molecular flexibility index (Phi) is 9.96. The third-order valence-electron chi connectivity index (χ3n) is 7.06. The van der Waals surface area contributed by atoms with Gasteiger partial charge in [-0.15, -0.1) is 0 Å². The number of nitrogens with zero attached hydrogens (tertiary/aromatic N) is 2. The topological polar surface area (TPSA) is 25.8 Å². The first-order valence-corrected chi connectivity index (χ1v) is 12.8. The number of aryl methyl sites for hydroxylation is 2. The molecule has 0 N–H and O–H groups in total. The average molecular weight is 425 g/mol. The fourth-order valence-electron chi connectivity index (χ4n) is 5.04. The van der Waals surface area contributed by atoms with Crippen LogP contribution < -0.4 is 0 Å². The van der Waals surface area contributed by atoms with Gasteiger partial charge in [-0.25, -0.2) is 4.39 Å². The van der Waals surface area contributed by atoms with E-state index in [1.54, 1.807) is 6.07 Å². The van der Waals surface area contributed by atoms with E-state index in [2.05, 4.69) is 24.0 Å². The summed E-state index contributed by atoms with van der Waals surface area (Å²) in [4.78, 5) is 0. The van der Waals surface area contributed by atoms with E-state index in [0.717, 1.165) is 42.4 Å². The van der Waals surface area contributed by atoms with Gasteiger partial charge >= 0.3 is 0 Å². The van der Waals surface area contributed by atoms with Gasteiger partial charge in [-0.3, -0.25) is 0 Å². The van der Waals surface area contributed by atoms with E-state index >= 15 is 0 Å². The predicted molar refractivity (Wildman–Crippen MR) is 129 cm³/mol. The maximum Gasteiger partial charge on any atom is 0.132 e. The van der Waals surface area contributed by atoms with E-state index in [1.165, 1.54) is 70.6 Å². The van der Waals surface area contributed by atoms with Crippen LogP contribution in [0, 0.1) is 17.7 Å². The maximum absolute atomic E-state index is 14.4. The number of aromatic nitrogens is 2. The van der Waals surface area contributed by atoms with Crippen LogP contribution in [-0.2, 0) is 12.8 Å². The first-order chi connectivity index (χ1) is 15.2. The molecular formula is C28H41FN2. The highest BCUT2D eigenvalue weighted by Gasteiger charge is 2.21. The van der Waals surface area contributed by atoms with Crippen molar-refractivity contribution in [1.29, 1.82) is 0 Å². The maximum atomic E-state index is 14.4. The molecule has 1 heterocycles. The summed E-state index contributed by atoms with van der Waals surface area (Å²) in [5, 5.41) is 8.73. The lowest BCUT2D eigenvalue weighted by atomic mass is 9.78. The molecule has 0 radical (unpaired) electrons. The Morgan fingerprint density at radius 2 is 1.52 bits per heavy atom. The van der Waals surface area contributed by atoms with Gasteiger partial charge in [0.05, 0.1) is 11.4 Å². The Bertz CT molecular complexity index is 763. The fourth-order valence-corrected chi connectivity index (χ4v) is 5.04. The van der Waals surface area contributed by atoms with E-state index in [1.807, 2.05) is 24.3 Å². The van der Waals surface area contributed by atoms with Gasteiger partial charge in [0.2, 0.25) is 0 Å². The molecule has 2 aromatic rings. The molecule has 0 atom stereocenters. The minimum atomic E-state index is -0.199. The Balaban J connectivity index is 1.40. The number of hydrogen-bond acceptors (Lipinski definition) is 2. The van der Waals surface area contributed by atoms with Gasteiger partial charge in [0.15, 0.2) is 0 Å². The lowest BCUT2D eigenvalue weighted by molar-refractivity contribution is 0.248. The first kappa shape index (κ1) is 23.9. The Morgan fingerprint density at radius 3 is 2.16 bits per heavy atom. The van der Waals surface area contributed by atoms with Crippen molar-refractivity contribution in [2.45, 2.75) is 104 Å². The zero-order valence-electron chi connectivity index (χ0n) is 19.7. The first-order valence-electron chi connectivity index (χ1n) is 12.8. The van der Waals surface area contributed by atoms with Gasteiger partial charge in [-0.05, 0) is 60.9 Å². The van der Waals surface area contributed by atoms with Gasteiger partial charge in [-0.1, -0.05) is 90.5 Å². The molecule has 1 saturated carbocycles. The largest absolute Gasteiger partial charge is 0.206 e. The summed E-state index contributed by atoms with van der Waals surface area (Å²) in [6.45, 7) is 4.39. The van der Waals surface area contributed by atoms with Crippen molar-refractivity contribution in [1.82, 2.24) is 10.2 Å². The standard InChI is InChI=1S/C28H41FN2/c1-3-5-6-7-8-10-22-11-13-23(14-12-22)15-17-25-18-20-28(31-30-25)26-19-16-24(9-4-2)21-27(26)29/h16,18-23H,3-15,17H2,1-2H3. The summed E-state index contributed by atoms with van der Waals surface area (Å²) < 4.78 is 14.4. The number of benzene rings is 1. The highest BCUT2D eigenvalue weighted by Crippen LogP contribution is 2.34. The molecule has 0 bridgehead atoms. The molecule has 31 heavy (non-hydrogen) atoms. The summed E-state index contributed by atoms with van der Waals surface area (Å²) in [6.07, 6.45) is 18.1. The van der Waals surface area contributed by atoms with Gasteiger partial charge in [0, 0.05) is 5.56 Å². The van der Waals surface area contributed by atoms with Crippen LogP contribution in [0.2, 0.25) is 0 Å².